The zero-order valence-electron chi connectivity index (χ0n) is 10.5. The van der Waals surface area contributed by atoms with E-state index in [4.69, 9.17) is 23.1 Å². The average Bonchev–Trinajstić information content (AvgIpc) is 3.18. The molecule has 1 fully saturated rings. The van der Waals surface area contributed by atoms with E-state index in [1.807, 2.05) is 0 Å². The van der Waals surface area contributed by atoms with E-state index in [1.165, 1.54) is 6.20 Å². The fourth-order valence-corrected chi connectivity index (χ4v) is 1.85. The summed E-state index contributed by atoms with van der Waals surface area (Å²) in [6.07, 6.45) is 5.30. The van der Waals surface area contributed by atoms with Crippen LogP contribution >= 0.6 is 11.6 Å². The Kier molecular flexibility index (Phi) is 3.15. The topological polar surface area (TPSA) is 131 Å². The van der Waals surface area contributed by atoms with Gasteiger partial charge in [0, 0.05) is 12.4 Å². The first kappa shape index (κ1) is 12.7. The zero-order chi connectivity index (χ0) is 14.1. The molecular weight excluding hydrogens is 280 g/mol. The summed E-state index contributed by atoms with van der Waals surface area (Å²) in [5, 5.41) is 10.3. The Morgan fingerprint density at radius 2 is 2.25 bits per heavy atom. The van der Waals surface area contributed by atoms with E-state index in [0.717, 1.165) is 12.8 Å². The number of anilines is 2. The second kappa shape index (κ2) is 4.97. The van der Waals surface area contributed by atoms with E-state index in [-0.39, 0.29) is 11.8 Å². The number of nitrogen functional groups attached to an aromatic ring is 1. The summed E-state index contributed by atoms with van der Waals surface area (Å²) in [6.45, 7) is 0. The van der Waals surface area contributed by atoms with Gasteiger partial charge >= 0.3 is 0 Å². The largest absolute Gasteiger partial charge is 0.403 e. The van der Waals surface area contributed by atoms with Crippen LogP contribution in [0.3, 0.4) is 0 Å². The minimum absolute atomic E-state index is 0.242. The summed E-state index contributed by atoms with van der Waals surface area (Å²) in [6, 6.07) is 0.408. The van der Waals surface area contributed by atoms with Crippen molar-refractivity contribution in [3.8, 4) is 0 Å². The number of aromatic nitrogens is 4. The van der Waals surface area contributed by atoms with Gasteiger partial charge in [-0.25, -0.2) is 0 Å². The summed E-state index contributed by atoms with van der Waals surface area (Å²) < 4.78 is 0. The summed E-state index contributed by atoms with van der Waals surface area (Å²) in [5.41, 5.74) is 12.4. The van der Waals surface area contributed by atoms with Crippen molar-refractivity contribution in [3.05, 3.63) is 17.1 Å². The van der Waals surface area contributed by atoms with E-state index in [9.17, 15) is 0 Å². The first-order chi connectivity index (χ1) is 9.67. The lowest BCUT2D eigenvalue weighted by molar-refractivity contribution is 1.07. The molecular formula is C11H13ClN8. The molecule has 0 amide bonds. The van der Waals surface area contributed by atoms with E-state index in [0.29, 0.717) is 27.9 Å². The number of H-pyrrole nitrogens is 1. The first-order valence-electron chi connectivity index (χ1n) is 6.06. The molecule has 3 rings (SSSR count). The maximum atomic E-state index is 5.90. The van der Waals surface area contributed by atoms with Crippen LogP contribution in [0.5, 0.6) is 0 Å². The van der Waals surface area contributed by atoms with Crippen LogP contribution in [0.15, 0.2) is 16.9 Å². The summed E-state index contributed by atoms with van der Waals surface area (Å²) in [4.78, 5) is 12.6. The van der Waals surface area contributed by atoms with E-state index in [1.54, 1.807) is 6.21 Å². The standard InChI is InChI=1S/C11H13ClN8/c12-8-7-9(14)17-11(18-10(7)20-19-8)16-6(3-13)4-15-5-1-2-5/h3-5H,1-2,13H2,(H4,14,16,17,18,19,20). The van der Waals surface area contributed by atoms with Crippen LogP contribution in [-0.2, 0) is 0 Å². The molecule has 0 saturated heterocycles. The normalized spacial score (nSPS) is 16.1. The van der Waals surface area contributed by atoms with Crippen LogP contribution in [0.2, 0.25) is 5.15 Å². The van der Waals surface area contributed by atoms with Crippen LogP contribution in [0.4, 0.5) is 11.8 Å². The molecule has 1 aliphatic carbocycles. The van der Waals surface area contributed by atoms with E-state index < -0.39 is 0 Å². The Morgan fingerprint density at radius 1 is 1.45 bits per heavy atom. The van der Waals surface area contributed by atoms with Gasteiger partial charge in [0.05, 0.1) is 11.7 Å². The molecule has 0 radical (unpaired) electrons. The van der Waals surface area contributed by atoms with Crippen molar-refractivity contribution >= 4 is 40.6 Å². The number of aromatic amines is 1. The molecule has 9 heteroatoms. The van der Waals surface area contributed by atoms with Crippen LogP contribution in [0.1, 0.15) is 12.8 Å². The molecule has 0 aliphatic heterocycles. The lowest BCUT2D eigenvalue weighted by Gasteiger charge is -2.05. The third kappa shape index (κ3) is 2.50. The molecule has 8 nitrogen and oxygen atoms in total. The molecule has 1 aliphatic rings. The third-order valence-corrected chi connectivity index (χ3v) is 3.08. The number of rotatable bonds is 4. The number of hydrogen-bond acceptors (Lipinski definition) is 7. The number of nitrogens with zero attached hydrogens (tertiary/aromatic N) is 4. The molecule has 0 unspecified atom stereocenters. The summed E-state index contributed by atoms with van der Waals surface area (Å²) in [5.74, 6) is 0.531. The lowest BCUT2D eigenvalue weighted by atomic mass is 10.4. The molecule has 2 aromatic heterocycles. The molecule has 0 aromatic carbocycles. The number of halogens is 1. The monoisotopic (exact) mass is 292 g/mol. The van der Waals surface area contributed by atoms with E-state index >= 15 is 0 Å². The highest BCUT2D eigenvalue weighted by Gasteiger charge is 2.19. The smallest absolute Gasteiger partial charge is 0.231 e. The number of hydrogen-bond donors (Lipinski definition) is 4. The van der Waals surface area contributed by atoms with Gasteiger partial charge in [0.25, 0.3) is 0 Å². The van der Waals surface area contributed by atoms with Gasteiger partial charge < -0.3 is 16.8 Å². The SMILES string of the molecule is NC=C(C=NC1CC1)Nc1nc(N)c2c(Cl)[nH]nc2n1. The van der Waals surface area contributed by atoms with Gasteiger partial charge in [0.15, 0.2) is 5.65 Å². The van der Waals surface area contributed by atoms with Crippen LogP contribution < -0.4 is 16.8 Å². The Balaban J connectivity index is 1.86. The van der Waals surface area contributed by atoms with Gasteiger partial charge in [-0.3, -0.25) is 10.1 Å². The number of nitrogens with one attached hydrogen (secondary N) is 2. The van der Waals surface area contributed by atoms with Crippen LogP contribution in [0.25, 0.3) is 11.0 Å². The van der Waals surface area contributed by atoms with Gasteiger partial charge in [-0.05, 0) is 12.8 Å². The Bertz CT molecular complexity index is 700. The second-order valence-electron chi connectivity index (χ2n) is 4.43. The molecule has 0 bridgehead atoms. The maximum absolute atomic E-state index is 5.90. The van der Waals surface area contributed by atoms with Gasteiger partial charge in [0.2, 0.25) is 5.95 Å². The fourth-order valence-electron chi connectivity index (χ4n) is 1.63. The highest BCUT2D eigenvalue weighted by molar-refractivity contribution is 6.35. The minimum Gasteiger partial charge on any atom is -0.403 e. The minimum atomic E-state index is 0.242. The molecule has 6 N–H and O–H groups in total. The van der Waals surface area contributed by atoms with Gasteiger partial charge in [-0.15, -0.1) is 0 Å². The molecule has 0 spiro atoms. The number of fused-ring (bicyclic) bond motifs is 1. The predicted octanol–water partition coefficient (Wildman–Crippen LogP) is 1.03. The Hall–Kier alpha value is -2.35. The van der Waals surface area contributed by atoms with Crippen molar-refractivity contribution in [2.24, 2.45) is 10.7 Å². The molecule has 0 atom stereocenters. The number of aliphatic imine (C=N–C) groups is 1. The molecule has 104 valence electrons. The Morgan fingerprint density at radius 3 is 2.95 bits per heavy atom. The quantitative estimate of drug-likeness (QED) is 0.623. The summed E-state index contributed by atoms with van der Waals surface area (Å²) >= 11 is 5.90. The van der Waals surface area contributed by atoms with Crippen molar-refractivity contribution in [2.75, 3.05) is 11.1 Å². The molecule has 2 aromatic rings. The van der Waals surface area contributed by atoms with Gasteiger partial charge in [-0.2, -0.15) is 15.1 Å². The highest BCUT2D eigenvalue weighted by atomic mass is 35.5. The first-order valence-corrected chi connectivity index (χ1v) is 6.44. The predicted molar refractivity (Wildman–Crippen MR) is 78.5 cm³/mol. The van der Waals surface area contributed by atoms with Gasteiger partial charge in [-0.1, -0.05) is 11.6 Å². The van der Waals surface area contributed by atoms with E-state index in [2.05, 4.69) is 30.5 Å². The van der Waals surface area contributed by atoms with Crippen molar-refractivity contribution in [1.82, 2.24) is 20.2 Å². The summed E-state index contributed by atoms with van der Waals surface area (Å²) in [7, 11) is 0. The molecule has 1 saturated carbocycles. The van der Waals surface area contributed by atoms with Crippen LogP contribution in [-0.4, -0.2) is 32.4 Å². The second-order valence-corrected chi connectivity index (χ2v) is 4.80. The van der Waals surface area contributed by atoms with Crippen molar-refractivity contribution in [2.45, 2.75) is 18.9 Å². The number of nitrogens with two attached hydrogens (primary N) is 2. The van der Waals surface area contributed by atoms with Crippen molar-refractivity contribution in [1.29, 1.82) is 0 Å². The van der Waals surface area contributed by atoms with Crippen LogP contribution in [0, 0.1) is 0 Å². The number of allylic oxidation sites excluding steroid dienone is 1. The van der Waals surface area contributed by atoms with Gasteiger partial charge in [0.1, 0.15) is 16.4 Å². The van der Waals surface area contributed by atoms with Crippen molar-refractivity contribution < 1.29 is 0 Å². The molecule has 2 heterocycles. The Labute approximate surface area is 119 Å². The highest BCUT2D eigenvalue weighted by Crippen LogP contribution is 2.25. The maximum Gasteiger partial charge on any atom is 0.231 e. The third-order valence-electron chi connectivity index (χ3n) is 2.80. The zero-order valence-corrected chi connectivity index (χ0v) is 11.2. The lowest BCUT2D eigenvalue weighted by Crippen LogP contribution is -2.08. The van der Waals surface area contributed by atoms with Crippen molar-refractivity contribution in [3.63, 3.8) is 0 Å². The molecule has 20 heavy (non-hydrogen) atoms. The fraction of sp³-hybridized carbons (Fsp3) is 0.273. The average molecular weight is 293 g/mol.